The third-order valence-corrected chi connectivity index (χ3v) is 5.43. The van der Waals surface area contributed by atoms with Crippen molar-refractivity contribution >= 4 is 29.1 Å². The largest absolute Gasteiger partial charge is 0.398 e. The van der Waals surface area contributed by atoms with Gasteiger partial charge >= 0.3 is 0 Å². The third-order valence-electron chi connectivity index (χ3n) is 4.15. The molecule has 3 aromatic carbocycles. The Morgan fingerprint density at radius 3 is 2.11 bits per heavy atom. The molecule has 0 fully saturated rings. The van der Waals surface area contributed by atoms with Gasteiger partial charge in [0.15, 0.2) is 0 Å². The zero-order chi connectivity index (χ0) is 19.2. The summed E-state index contributed by atoms with van der Waals surface area (Å²) >= 11 is 7.35. The Kier molecular flexibility index (Phi) is 6.08. The Balaban J connectivity index is 2.10. The van der Waals surface area contributed by atoms with E-state index in [1.807, 2.05) is 78.9 Å². The second-order valence-electron chi connectivity index (χ2n) is 5.92. The fourth-order valence-electron chi connectivity index (χ4n) is 2.84. The lowest BCUT2D eigenvalue weighted by Gasteiger charge is -2.19. The lowest BCUT2D eigenvalue weighted by Crippen LogP contribution is -2.09. The van der Waals surface area contributed by atoms with E-state index in [2.05, 4.69) is 6.07 Å². The van der Waals surface area contributed by atoms with E-state index in [1.165, 1.54) is 11.8 Å². The van der Waals surface area contributed by atoms with Crippen LogP contribution in [0.3, 0.4) is 0 Å². The molecular weight excluding hydrogens is 374 g/mol. The first-order valence-corrected chi connectivity index (χ1v) is 9.52. The van der Waals surface area contributed by atoms with E-state index in [1.54, 1.807) is 0 Å². The van der Waals surface area contributed by atoms with E-state index in [-0.39, 0.29) is 5.92 Å². The molecule has 1 atom stereocenters. The van der Waals surface area contributed by atoms with Gasteiger partial charge in [-0.05, 0) is 35.4 Å². The zero-order valence-electron chi connectivity index (χ0n) is 14.5. The molecule has 0 spiro atoms. The van der Waals surface area contributed by atoms with Gasteiger partial charge in [-0.15, -0.1) is 0 Å². The van der Waals surface area contributed by atoms with Crippen molar-refractivity contribution in [2.45, 2.75) is 10.8 Å². The van der Waals surface area contributed by atoms with E-state index < -0.39 is 0 Å². The van der Waals surface area contributed by atoms with Crippen LogP contribution >= 0.6 is 23.4 Å². The first-order chi connectivity index (χ1) is 13.1. The van der Waals surface area contributed by atoms with Crippen LogP contribution in [-0.2, 0) is 0 Å². The average molecular weight is 392 g/mol. The Morgan fingerprint density at radius 2 is 1.48 bits per heavy atom. The highest BCUT2D eigenvalue weighted by Crippen LogP contribution is 2.38. The lowest BCUT2D eigenvalue weighted by atomic mass is 9.86. The summed E-state index contributed by atoms with van der Waals surface area (Å²) in [7, 11) is 0. The normalized spacial score (nSPS) is 12.7. The van der Waals surface area contributed by atoms with Crippen molar-refractivity contribution in [2.75, 3.05) is 5.73 Å². The van der Waals surface area contributed by atoms with Crippen molar-refractivity contribution in [3.8, 4) is 6.07 Å². The molecule has 0 aromatic heterocycles. The molecule has 0 bridgehead atoms. The second kappa shape index (κ2) is 8.68. The molecule has 0 amide bonds. The van der Waals surface area contributed by atoms with Crippen LogP contribution in [-0.4, -0.2) is 0 Å². The number of nitrogens with two attached hydrogens (primary N) is 2. The molecule has 0 heterocycles. The number of para-hydroxylation sites is 1. The lowest BCUT2D eigenvalue weighted by molar-refractivity contribution is 0.971. The maximum atomic E-state index is 9.93. The van der Waals surface area contributed by atoms with Crippen molar-refractivity contribution < 1.29 is 0 Å². The molecule has 3 aromatic rings. The Morgan fingerprint density at radius 1 is 0.889 bits per heavy atom. The summed E-state index contributed by atoms with van der Waals surface area (Å²) in [6, 6.07) is 27.1. The molecule has 3 rings (SSSR count). The maximum absolute atomic E-state index is 9.93. The van der Waals surface area contributed by atoms with E-state index in [4.69, 9.17) is 23.1 Å². The molecule has 134 valence electrons. The first-order valence-electron chi connectivity index (χ1n) is 8.32. The number of hydrogen-bond donors (Lipinski definition) is 2. The first kappa shape index (κ1) is 18.9. The predicted molar refractivity (Wildman–Crippen MR) is 113 cm³/mol. The van der Waals surface area contributed by atoms with Crippen molar-refractivity contribution in [3.05, 3.63) is 106 Å². The molecule has 0 aliphatic heterocycles. The highest BCUT2D eigenvalue weighted by molar-refractivity contribution is 8.03. The molecule has 5 heteroatoms. The Bertz CT molecular complexity index is 992. The smallest absolute Gasteiger partial charge is 0.0984 e. The maximum Gasteiger partial charge on any atom is 0.0984 e. The standard InChI is InChI=1S/C22H18ClN3S/c23-17-12-10-16(11-13-17)21(15-6-2-1-3-7-15)18(14-24)22(26)27-20-9-5-4-8-19(20)25/h1-13,21H,25-26H2/b22-18-. The summed E-state index contributed by atoms with van der Waals surface area (Å²) in [5, 5.41) is 11.0. The van der Waals surface area contributed by atoms with Gasteiger partial charge in [-0.3, -0.25) is 0 Å². The van der Waals surface area contributed by atoms with E-state index in [0.29, 0.717) is 21.3 Å². The molecule has 0 radical (unpaired) electrons. The van der Waals surface area contributed by atoms with Crippen molar-refractivity contribution in [1.82, 2.24) is 0 Å². The highest BCUT2D eigenvalue weighted by atomic mass is 35.5. The van der Waals surface area contributed by atoms with Gasteiger partial charge in [-0.2, -0.15) is 5.26 Å². The zero-order valence-corrected chi connectivity index (χ0v) is 16.0. The number of nitrogens with zero attached hydrogens (tertiary/aromatic N) is 1. The third kappa shape index (κ3) is 4.46. The van der Waals surface area contributed by atoms with Crippen LogP contribution in [0.25, 0.3) is 0 Å². The van der Waals surface area contributed by atoms with Crippen LogP contribution < -0.4 is 11.5 Å². The molecule has 0 saturated heterocycles. The summed E-state index contributed by atoms with van der Waals surface area (Å²) in [6.45, 7) is 0. The molecule has 3 nitrogen and oxygen atoms in total. The number of hydrogen-bond acceptors (Lipinski definition) is 4. The van der Waals surface area contributed by atoms with E-state index >= 15 is 0 Å². The van der Waals surface area contributed by atoms with E-state index in [9.17, 15) is 5.26 Å². The van der Waals surface area contributed by atoms with E-state index in [0.717, 1.165) is 16.0 Å². The van der Waals surface area contributed by atoms with Gasteiger partial charge in [0.1, 0.15) is 0 Å². The minimum absolute atomic E-state index is 0.286. The summed E-state index contributed by atoms with van der Waals surface area (Å²) in [5.74, 6) is -0.286. The van der Waals surface area contributed by atoms with Crippen molar-refractivity contribution in [1.29, 1.82) is 5.26 Å². The number of benzene rings is 3. The highest BCUT2D eigenvalue weighted by Gasteiger charge is 2.22. The molecular formula is C22H18ClN3S. The monoisotopic (exact) mass is 391 g/mol. The predicted octanol–water partition coefficient (Wildman–Crippen LogP) is 5.54. The van der Waals surface area contributed by atoms with Gasteiger partial charge < -0.3 is 11.5 Å². The number of halogens is 1. The average Bonchev–Trinajstić information content (AvgIpc) is 2.69. The SMILES string of the molecule is N#C/C(=C(\N)Sc1ccccc1N)C(c1ccccc1)c1ccc(Cl)cc1. The Hall–Kier alpha value is -2.87. The molecule has 0 aliphatic rings. The van der Waals surface area contributed by atoms with Gasteiger partial charge in [0, 0.05) is 21.5 Å². The second-order valence-corrected chi connectivity index (χ2v) is 7.45. The molecule has 0 aliphatic carbocycles. The van der Waals surface area contributed by atoms with Crippen LogP contribution in [0.4, 0.5) is 5.69 Å². The van der Waals surface area contributed by atoms with Crippen molar-refractivity contribution in [2.24, 2.45) is 5.73 Å². The quantitative estimate of drug-likeness (QED) is 0.340. The number of nitrogen functional groups attached to an aromatic ring is 1. The van der Waals surface area contributed by atoms with Crippen molar-refractivity contribution in [3.63, 3.8) is 0 Å². The van der Waals surface area contributed by atoms with Crippen LogP contribution in [0.1, 0.15) is 17.0 Å². The van der Waals surface area contributed by atoms with Gasteiger partial charge in [0.05, 0.1) is 16.7 Å². The van der Waals surface area contributed by atoms with Crippen LogP contribution in [0, 0.1) is 11.3 Å². The molecule has 1 unspecified atom stereocenters. The topological polar surface area (TPSA) is 75.8 Å². The number of nitriles is 1. The van der Waals surface area contributed by atoms with Crippen LogP contribution in [0.5, 0.6) is 0 Å². The van der Waals surface area contributed by atoms with Gasteiger partial charge in [-0.1, -0.05) is 78.0 Å². The van der Waals surface area contributed by atoms with Crippen LogP contribution in [0.15, 0.2) is 94.4 Å². The number of rotatable bonds is 5. The molecule has 27 heavy (non-hydrogen) atoms. The molecule has 0 saturated carbocycles. The minimum Gasteiger partial charge on any atom is -0.398 e. The molecule has 4 N–H and O–H groups in total. The summed E-state index contributed by atoms with van der Waals surface area (Å²) in [4.78, 5) is 0.825. The fourth-order valence-corrected chi connectivity index (χ4v) is 3.80. The summed E-state index contributed by atoms with van der Waals surface area (Å²) < 4.78 is 0. The van der Waals surface area contributed by atoms with Gasteiger partial charge in [0.2, 0.25) is 0 Å². The van der Waals surface area contributed by atoms with Crippen LogP contribution in [0.2, 0.25) is 5.02 Å². The minimum atomic E-state index is -0.286. The number of allylic oxidation sites excluding steroid dienone is 1. The van der Waals surface area contributed by atoms with Gasteiger partial charge in [-0.25, -0.2) is 0 Å². The number of thioether (sulfide) groups is 1. The van der Waals surface area contributed by atoms with Gasteiger partial charge in [0.25, 0.3) is 0 Å². The summed E-state index contributed by atoms with van der Waals surface area (Å²) in [5.41, 5.74) is 15.5. The fraction of sp³-hybridized carbons (Fsp3) is 0.0455. The summed E-state index contributed by atoms with van der Waals surface area (Å²) in [6.07, 6.45) is 0. The number of anilines is 1. The Labute approximate surface area is 168 Å².